The minimum absolute atomic E-state index is 0.177. The first-order valence-corrected chi connectivity index (χ1v) is 8.28. The monoisotopic (exact) mass is 323 g/mol. The predicted octanol–water partition coefficient (Wildman–Crippen LogP) is 1.69. The van der Waals surface area contributed by atoms with Gasteiger partial charge in [0.05, 0.1) is 24.5 Å². The maximum Gasteiger partial charge on any atom is 0.407 e. The van der Waals surface area contributed by atoms with Gasteiger partial charge in [-0.2, -0.15) is 5.26 Å². The molecule has 1 amide bonds. The number of esters is 1. The summed E-state index contributed by atoms with van der Waals surface area (Å²) < 4.78 is 5.22. The molecule has 2 saturated heterocycles. The number of carboxylic acid groups (broad SMARTS) is 1. The molecule has 0 spiro atoms. The molecule has 23 heavy (non-hydrogen) atoms. The molecule has 2 fully saturated rings. The summed E-state index contributed by atoms with van der Waals surface area (Å²) in [4.78, 5) is 27.1. The van der Waals surface area contributed by atoms with Crippen LogP contribution in [0.4, 0.5) is 4.79 Å². The minimum atomic E-state index is -0.868. The molecule has 0 aromatic rings. The van der Waals surface area contributed by atoms with E-state index in [1.807, 2.05) is 0 Å². The average molecular weight is 323 g/mol. The second-order valence-corrected chi connectivity index (χ2v) is 6.41. The second-order valence-electron chi connectivity index (χ2n) is 6.41. The third-order valence-electron chi connectivity index (χ3n) is 4.98. The van der Waals surface area contributed by atoms with Crippen LogP contribution in [0.5, 0.6) is 0 Å². The summed E-state index contributed by atoms with van der Waals surface area (Å²) in [6, 6.07) is 2.43. The SMILES string of the molecule is CCOC(=O)C1(CC#N)CCCN(C2CCN(C(=O)O)CC2)C1. The molecule has 2 heterocycles. The lowest BCUT2D eigenvalue weighted by Crippen LogP contribution is -2.54. The summed E-state index contributed by atoms with van der Waals surface area (Å²) in [6.45, 7) is 4.59. The first kappa shape index (κ1) is 17.5. The maximum atomic E-state index is 12.4. The van der Waals surface area contributed by atoms with Gasteiger partial charge in [-0.1, -0.05) is 0 Å². The Morgan fingerprint density at radius 1 is 1.35 bits per heavy atom. The number of amides is 1. The molecular formula is C16H25N3O4. The average Bonchev–Trinajstić information content (AvgIpc) is 2.55. The van der Waals surface area contributed by atoms with Crippen LogP contribution in [0.2, 0.25) is 0 Å². The first-order valence-electron chi connectivity index (χ1n) is 8.28. The summed E-state index contributed by atoms with van der Waals surface area (Å²) >= 11 is 0. The summed E-state index contributed by atoms with van der Waals surface area (Å²) in [5.41, 5.74) is -0.729. The predicted molar refractivity (Wildman–Crippen MR) is 82.7 cm³/mol. The highest BCUT2D eigenvalue weighted by molar-refractivity contribution is 5.77. The lowest BCUT2D eigenvalue weighted by atomic mass is 9.76. The Kier molecular flexibility index (Phi) is 5.83. The second kappa shape index (κ2) is 7.64. The van der Waals surface area contributed by atoms with Crippen molar-refractivity contribution < 1.29 is 19.4 Å². The quantitative estimate of drug-likeness (QED) is 0.791. The Balaban J connectivity index is 2.03. The van der Waals surface area contributed by atoms with Crippen LogP contribution < -0.4 is 0 Å². The summed E-state index contributed by atoms with van der Waals surface area (Å²) in [5.74, 6) is -0.269. The van der Waals surface area contributed by atoms with Crippen molar-refractivity contribution >= 4 is 12.1 Å². The van der Waals surface area contributed by atoms with E-state index in [1.54, 1.807) is 6.92 Å². The molecule has 1 N–H and O–H groups in total. The fourth-order valence-corrected chi connectivity index (χ4v) is 3.72. The fourth-order valence-electron chi connectivity index (χ4n) is 3.72. The van der Waals surface area contributed by atoms with E-state index in [0.717, 1.165) is 25.8 Å². The molecule has 0 saturated carbocycles. The number of hydrogen-bond donors (Lipinski definition) is 1. The van der Waals surface area contributed by atoms with Crippen molar-refractivity contribution in [1.82, 2.24) is 9.80 Å². The Bertz CT molecular complexity index is 482. The van der Waals surface area contributed by atoms with E-state index in [4.69, 9.17) is 15.1 Å². The lowest BCUT2D eigenvalue weighted by molar-refractivity contribution is -0.159. The van der Waals surface area contributed by atoms with Crippen molar-refractivity contribution in [2.45, 2.75) is 45.1 Å². The number of carbonyl (C=O) groups is 2. The Morgan fingerprint density at radius 3 is 2.61 bits per heavy atom. The van der Waals surface area contributed by atoms with Crippen LogP contribution in [0.3, 0.4) is 0 Å². The van der Waals surface area contributed by atoms with Crippen molar-refractivity contribution in [3.63, 3.8) is 0 Å². The van der Waals surface area contributed by atoms with Crippen LogP contribution in [-0.4, -0.2) is 65.8 Å². The van der Waals surface area contributed by atoms with Crippen LogP contribution in [0.1, 0.15) is 39.0 Å². The van der Waals surface area contributed by atoms with Crippen molar-refractivity contribution in [2.75, 3.05) is 32.8 Å². The summed E-state index contributed by atoms with van der Waals surface area (Å²) in [5, 5.41) is 18.2. The van der Waals surface area contributed by atoms with Crippen molar-refractivity contribution in [1.29, 1.82) is 5.26 Å². The van der Waals surface area contributed by atoms with Crippen LogP contribution >= 0.6 is 0 Å². The van der Waals surface area contributed by atoms with Gasteiger partial charge in [0.2, 0.25) is 0 Å². The molecule has 2 aliphatic heterocycles. The van der Waals surface area contributed by atoms with Crippen LogP contribution in [-0.2, 0) is 9.53 Å². The van der Waals surface area contributed by atoms with Gasteiger partial charge in [0.1, 0.15) is 0 Å². The zero-order valence-electron chi connectivity index (χ0n) is 13.7. The van der Waals surface area contributed by atoms with E-state index < -0.39 is 11.5 Å². The Labute approximate surface area is 136 Å². The number of nitrogens with zero attached hydrogens (tertiary/aromatic N) is 3. The van der Waals surface area contributed by atoms with Gasteiger partial charge in [0.15, 0.2) is 0 Å². The van der Waals surface area contributed by atoms with Crippen molar-refractivity contribution in [3.8, 4) is 6.07 Å². The molecule has 1 atom stereocenters. The molecule has 7 heteroatoms. The molecule has 0 aromatic heterocycles. The third kappa shape index (κ3) is 3.94. The number of rotatable bonds is 4. The largest absolute Gasteiger partial charge is 0.465 e. The molecule has 0 aliphatic carbocycles. The molecule has 128 valence electrons. The Morgan fingerprint density at radius 2 is 2.04 bits per heavy atom. The van der Waals surface area contributed by atoms with E-state index in [1.165, 1.54) is 4.90 Å². The number of likely N-dealkylation sites (tertiary alicyclic amines) is 2. The lowest BCUT2D eigenvalue weighted by Gasteiger charge is -2.45. The first-order chi connectivity index (χ1) is 11.0. The normalized spacial score (nSPS) is 26.5. The fraction of sp³-hybridized carbons (Fsp3) is 0.812. The van der Waals surface area contributed by atoms with E-state index in [-0.39, 0.29) is 18.4 Å². The molecular weight excluding hydrogens is 298 g/mol. The zero-order chi connectivity index (χ0) is 16.9. The molecule has 1 unspecified atom stereocenters. The van der Waals surface area contributed by atoms with Gasteiger partial charge in [0, 0.05) is 25.7 Å². The van der Waals surface area contributed by atoms with Crippen LogP contribution in [0, 0.1) is 16.7 Å². The highest BCUT2D eigenvalue weighted by Gasteiger charge is 2.45. The minimum Gasteiger partial charge on any atom is -0.465 e. The molecule has 0 aromatic carbocycles. The molecule has 2 rings (SSSR count). The molecule has 0 radical (unpaired) electrons. The molecule has 7 nitrogen and oxygen atoms in total. The van der Waals surface area contributed by atoms with Gasteiger partial charge in [-0.15, -0.1) is 0 Å². The number of nitriles is 1. The zero-order valence-corrected chi connectivity index (χ0v) is 13.7. The van der Waals surface area contributed by atoms with Gasteiger partial charge in [-0.05, 0) is 39.2 Å². The Hall–Kier alpha value is -1.81. The van der Waals surface area contributed by atoms with E-state index in [9.17, 15) is 9.59 Å². The van der Waals surface area contributed by atoms with Gasteiger partial charge >= 0.3 is 12.1 Å². The number of ether oxygens (including phenoxy) is 1. The highest BCUT2D eigenvalue weighted by Crippen LogP contribution is 2.36. The van der Waals surface area contributed by atoms with Crippen LogP contribution in [0.25, 0.3) is 0 Å². The number of piperidine rings is 2. The highest BCUT2D eigenvalue weighted by atomic mass is 16.5. The number of carbonyl (C=O) groups excluding carboxylic acids is 1. The van der Waals surface area contributed by atoms with Gasteiger partial charge in [0.25, 0.3) is 0 Å². The van der Waals surface area contributed by atoms with Crippen LogP contribution in [0.15, 0.2) is 0 Å². The summed E-state index contributed by atoms with van der Waals surface area (Å²) in [6.07, 6.45) is 2.41. The van der Waals surface area contributed by atoms with E-state index in [0.29, 0.717) is 32.7 Å². The standard InChI is InChI=1S/C16H25N3O4/c1-2-23-14(20)16(7-8-17)6-3-9-19(12-16)13-4-10-18(11-5-13)15(21)22/h13H,2-7,9-12H2,1H3,(H,21,22). The van der Waals surface area contributed by atoms with Crippen molar-refractivity contribution in [3.05, 3.63) is 0 Å². The van der Waals surface area contributed by atoms with Gasteiger partial charge in [-0.25, -0.2) is 4.79 Å². The molecule has 0 bridgehead atoms. The smallest absolute Gasteiger partial charge is 0.407 e. The van der Waals surface area contributed by atoms with Gasteiger partial charge < -0.3 is 14.7 Å². The van der Waals surface area contributed by atoms with Gasteiger partial charge in [-0.3, -0.25) is 9.69 Å². The molecule has 2 aliphatic rings. The topological polar surface area (TPSA) is 93.9 Å². The maximum absolute atomic E-state index is 12.4. The number of hydrogen-bond acceptors (Lipinski definition) is 5. The van der Waals surface area contributed by atoms with E-state index in [2.05, 4.69) is 11.0 Å². The van der Waals surface area contributed by atoms with Crippen molar-refractivity contribution in [2.24, 2.45) is 5.41 Å². The van der Waals surface area contributed by atoms with E-state index >= 15 is 0 Å². The third-order valence-corrected chi connectivity index (χ3v) is 4.98. The summed E-state index contributed by atoms with van der Waals surface area (Å²) in [7, 11) is 0.